The fourth-order valence-electron chi connectivity index (χ4n) is 2.25. The number of likely N-dealkylation sites (N-methyl/N-ethyl adjacent to an activating group) is 1. The molecular weight excluding hydrogens is 236 g/mol. The lowest BCUT2D eigenvalue weighted by Crippen LogP contribution is -2.52. The summed E-state index contributed by atoms with van der Waals surface area (Å²) in [6.45, 7) is 8.72. The highest BCUT2D eigenvalue weighted by atomic mass is 35.5. The molecule has 1 aliphatic heterocycles. The van der Waals surface area contributed by atoms with E-state index < -0.39 is 0 Å². The molecule has 2 rings (SSSR count). The first-order valence-corrected chi connectivity index (χ1v) is 6.64. The monoisotopic (exact) mass is 254 g/mol. The van der Waals surface area contributed by atoms with E-state index in [1.54, 1.807) is 6.20 Å². The van der Waals surface area contributed by atoms with Gasteiger partial charge in [0, 0.05) is 25.7 Å². The van der Waals surface area contributed by atoms with Crippen molar-refractivity contribution in [2.75, 3.05) is 31.1 Å². The SMILES string of the molecule is CCN1CCN(c2cnc(CCl)cn2)CC1C. The molecule has 0 spiro atoms. The van der Waals surface area contributed by atoms with Gasteiger partial charge in [0.15, 0.2) is 0 Å². The average molecular weight is 255 g/mol. The molecule has 1 atom stereocenters. The van der Waals surface area contributed by atoms with Gasteiger partial charge >= 0.3 is 0 Å². The van der Waals surface area contributed by atoms with Crippen LogP contribution in [0.1, 0.15) is 19.5 Å². The molecule has 1 aromatic heterocycles. The Labute approximate surface area is 108 Å². The van der Waals surface area contributed by atoms with Crippen LogP contribution in [-0.4, -0.2) is 47.1 Å². The first-order valence-electron chi connectivity index (χ1n) is 6.10. The Morgan fingerprint density at radius 2 is 2.18 bits per heavy atom. The van der Waals surface area contributed by atoms with Crippen molar-refractivity contribution in [3.05, 3.63) is 18.1 Å². The highest BCUT2D eigenvalue weighted by Gasteiger charge is 2.23. The van der Waals surface area contributed by atoms with Gasteiger partial charge in [-0.15, -0.1) is 11.6 Å². The second kappa shape index (κ2) is 5.65. The van der Waals surface area contributed by atoms with E-state index in [1.807, 2.05) is 6.20 Å². The van der Waals surface area contributed by atoms with E-state index in [2.05, 4.69) is 33.6 Å². The second-order valence-electron chi connectivity index (χ2n) is 4.42. The third kappa shape index (κ3) is 2.87. The van der Waals surface area contributed by atoms with Gasteiger partial charge in [0.1, 0.15) is 5.82 Å². The molecule has 4 nitrogen and oxygen atoms in total. The minimum Gasteiger partial charge on any atom is -0.353 e. The largest absolute Gasteiger partial charge is 0.353 e. The van der Waals surface area contributed by atoms with Crippen LogP contribution in [0.3, 0.4) is 0 Å². The molecule has 0 N–H and O–H groups in total. The molecule has 0 aliphatic carbocycles. The minimum atomic E-state index is 0.424. The average Bonchev–Trinajstić information content (AvgIpc) is 2.39. The topological polar surface area (TPSA) is 32.3 Å². The number of piperazine rings is 1. The van der Waals surface area contributed by atoms with Crippen LogP contribution in [0.2, 0.25) is 0 Å². The molecular formula is C12H19ClN4. The number of nitrogens with zero attached hydrogens (tertiary/aromatic N) is 4. The van der Waals surface area contributed by atoms with E-state index in [4.69, 9.17) is 11.6 Å². The number of halogens is 1. The fraction of sp³-hybridized carbons (Fsp3) is 0.667. The maximum absolute atomic E-state index is 5.70. The van der Waals surface area contributed by atoms with Crippen LogP contribution in [0, 0.1) is 0 Å². The van der Waals surface area contributed by atoms with Gasteiger partial charge in [0.05, 0.1) is 24.0 Å². The Kier molecular flexibility index (Phi) is 4.18. The van der Waals surface area contributed by atoms with Crippen molar-refractivity contribution in [2.24, 2.45) is 0 Å². The lowest BCUT2D eigenvalue weighted by Gasteiger charge is -2.39. The van der Waals surface area contributed by atoms with Crippen LogP contribution < -0.4 is 4.90 Å². The summed E-state index contributed by atoms with van der Waals surface area (Å²) in [5.74, 6) is 1.38. The van der Waals surface area contributed by atoms with Crippen LogP contribution in [0.15, 0.2) is 12.4 Å². The van der Waals surface area contributed by atoms with E-state index in [-0.39, 0.29) is 0 Å². The van der Waals surface area contributed by atoms with E-state index in [9.17, 15) is 0 Å². The summed E-state index contributed by atoms with van der Waals surface area (Å²) in [5.41, 5.74) is 0.829. The van der Waals surface area contributed by atoms with Gasteiger partial charge in [-0.25, -0.2) is 4.98 Å². The van der Waals surface area contributed by atoms with E-state index in [0.717, 1.165) is 37.7 Å². The van der Waals surface area contributed by atoms with Crippen molar-refractivity contribution in [1.29, 1.82) is 0 Å². The molecule has 1 aliphatic rings. The molecule has 5 heteroatoms. The molecule has 1 aromatic rings. The predicted octanol–water partition coefficient (Wildman–Crippen LogP) is 1.75. The van der Waals surface area contributed by atoms with Crippen molar-refractivity contribution in [3.63, 3.8) is 0 Å². The Bertz CT molecular complexity index is 354. The first-order chi connectivity index (χ1) is 8.24. The molecule has 17 heavy (non-hydrogen) atoms. The van der Waals surface area contributed by atoms with Crippen LogP contribution in [-0.2, 0) is 5.88 Å². The summed E-state index contributed by atoms with van der Waals surface area (Å²) in [7, 11) is 0. The number of hydrogen-bond donors (Lipinski definition) is 0. The fourth-order valence-corrected chi connectivity index (χ4v) is 2.39. The normalized spacial score (nSPS) is 21.8. The maximum Gasteiger partial charge on any atom is 0.147 e. The third-order valence-electron chi connectivity index (χ3n) is 3.32. The zero-order chi connectivity index (χ0) is 12.3. The Balaban J connectivity index is 2.03. The van der Waals surface area contributed by atoms with Crippen LogP contribution >= 0.6 is 11.6 Å². The van der Waals surface area contributed by atoms with Crippen molar-refractivity contribution in [2.45, 2.75) is 25.8 Å². The van der Waals surface area contributed by atoms with Crippen LogP contribution in [0.5, 0.6) is 0 Å². The van der Waals surface area contributed by atoms with Crippen LogP contribution in [0.4, 0.5) is 5.82 Å². The maximum atomic E-state index is 5.70. The number of rotatable bonds is 3. The Morgan fingerprint density at radius 3 is 2.71 bits per heavy atom. The number of anilines is 1. The summed E-state index contributed by atoms with van der Waals surface area (Å²) in [6.07, 6.45) is 3.59. The molecule has 1 saturated heterocycles. The molecule has 0 aromatic carbocycles. The quantitative estimate of drug-likeness (QED) is 0.770. The summed E-state index contributed by atoms with van der Waals surface area (Å²) in [6, 6.07) is 0.572. The summed E-state index contributed by atoms with van der Waals surface area (Å²) in [4.78, 5) is 13.5. The Hall–Kier alpha value is -0.870. The smallest absolute Gasteiger partial charge is 0.147 e. The van der Waals surface area contributed by atoms with Gasteiger partial charge < -0.3 is 4.90 Å². The molecule has 0 radical (unpaired) electrons. The van der Waals surface area contributed by atoms with Gasteiger partial charge in [-0.2, -0.15) is 0 Å². The summed E-state index contributed by atoms with van der Waals surface area (Å²) < 4.78 is 0. The predicted molar refractivity (Wildman–Crippen MR) is 70.5 cm³/mol. The van der Waals surface area contributed by atoms with Crippen molar-refractivity contribution >= 4 is 17.4 Å². The van der Waals surface area contributed by atoms with Gasteiger partial charge in [-0.05, 0) is 13.5 Å². The molecule has 94 valence electrons. The highest BCUT2D eigenvalue weighted by molar-refractivity contribution is 6.16. The van der Waals surface area contributed by atoms with Gasteiger partial charge in [-0.3, -0.25) is 9.88 Å². The highest BCUT2D eigenvalue weighted by Crippen LogP contribution is 2.16. The van der Waals surface area contributed by atoms with Gasteiger partial charge in [0.25, 0.3) is 0 Å². The molecule has 2 heterocycles. The molecule has 0 amide bonds. The number of hydrogen-bond acceptors (Lipinski definition) is 4. The second-order valence-corrected chi connectivity index (χ2v) is 4.69. The lowest BCUT2D eigenvalue weighted by molar-refractivity contribution is 0.199. The van der Waals surface area contributed by atoms with Crippen molar-refractivity contribution in [1.82, 2.24) is 14.9 Å². The van der Waals surface area contributed by atoms with Gasteiger partial charge in [-0.1, -0.05) is 6.92 Å². The number of alkyl halides is 1. The van der Waals surface area contributed by atoms with Crippen LogP contribution in [0.25, 0.3) is 0 Å². The number of aromatic nitrogens is 2. The molecule has 0 saturated carbocycles. The standard InChI is InChI=1S/C12H19ClN4/c1-3-16-4-5-17(9-10(16)2)12-8-14-11(6-13)7-15-12/h7-8,10H,3-6,9H2,1-2H3. The third-order valence-corrected chi connectivity index (χ3v) is 3.60. The molecule has 1 unspecified atom stereocenters. The molecule has 1 fully saturated rings. The van der Waals surface area contributed by atoms with E-state index >= 15 is 0 Å². The summed E-state index contributed by atoms with van der Waals surface area (Å²) >= 11 is 5.70. The zero-order valence-corrected chi connectivity index (χ0v) is 11.2. The molecule has 0 bridgehead atoms. The first kappa shape index (κ1) is 12.6. The lowest BCUT2D eigenvalue weighted by atomic mass is 10.2. The van der Waals surface area contributed by atoms with E-state index in [1.165, 1.54) is 0 Å². The summed E-state index contributed by atoms with van der Waals surface area (Å²) in [5, 5.41) is 0. The minimum absolute atomic E-state index is 0.424. The van der Waals surface area contributed by atoms with E-state index in [0.29, 0.717) is 11.9 Å². The van der Waals surface area contributed by atoms with Crippen molar-refractivity contribution < 1.29 is 0 Å². The Morgan fingerprint density at radius 1 is 1.35 bits per heavy atom. The van der Waals surface area contributed by atoms with Crippen molar-refractivity contribution in [3.8, 4) is 0 Å². The zero-order valence-electron chi connectivity index (χ0n) is 10.4. The van der Waals surface area contributed by atoms with Gasteiger partial charge in [0.2, 0.25) is 0 Å².